The summed E-state index contributed by atoms with van der Waals surface area (Å²) < 4.78 is 30.1. The van der Waals surface area contributed by atoms with E-state index in [2.05, 4.69) is 0 Å². The number of carbonyl (C=O) groups excluding carboxylic acids is 4. The Morgan fingerprint density at radius 1 is 0.857 bits per heavy atom. The van der Waals surface area contributed by atoms with Gasteiger partial charge in [-0.3, -0.25) is 9.59 Å². The minimum absolute atomic E-state index is 0.0272. The molecule has 2 N–H and O–H groups in total. The SMILES string of the molecule is CCCC(C)C(=O)O[C@@H](C)COC(=O)[C@@H](N)Cc1ccc(OC(=O)OCC)c(OC(=O)OCC)c1. The molecular weight excluding hydrogens is 462 g/mol. The number of nitrogens with two attached hydrogens (primary N) is 1. The second kappa shape index (κ2) is 15.5. The smallest absolute Gasteiger partial charge is 0.461 e. The molecule has 0 aliphatic carbocycles. The van der Waals surface area contributed by atoms with Gasteiger partial charge in [0.15, 0.2) is 11.5 Å². The van der Waals surface area contributed by atoms with Gasteiger partial charge in [-0.1, -0.05) is 26.3 Å². The molecule has 0 bridgehead atoms. The number of hydrogen-bond acceptors (Lipinski definition) is 11. The summed E-state index contributed by atoms with van der Waals surface area (Å²) >= 11 is 0. The maximum Gasteiger partial charge on any atom is 0.513 e. The predicted octanol–water partition coefficient (Wildman–Crippen LogP) is 3.54. The standard InChI is InChI=1S/C24H35NO10/c1-6-9-15(4)21(26)33-16(5)14-32-22(27)18(25)12-17-10-11-19(34-23(28)30-7-2)20(13-17)35-24(29)31-8-3/h10-11,13,15-16,18H,6-9,12,14,25H2,1-5H3/t15?,16-,18-/m0/s1. The summed E-state index contributed by atoms with van der Waals surface area (Å²) in [4.78, 5) is 47.7. The molecule has 11 heteroatoms. The molecule has 0 spiro atoms. The molecule has 196 valence electrons. The molecule has 3 atom stereocenters. The first-order chi connectivity index (χ1) is 16.6. The van der Waals surface area contributed by atoms with E-state index < -0.39 is 30.4 Å². The Morgan fingerprint density at radius 2 is 1.46 bits per heavy atom. The third-order valence-electron chi connectivity index (χ3n) is 4.58. The van der Waals surface area contributed by atoms with Gasteiger partial charge in [0.2, 0.25) is 0 Å². The molecule has 1 unspecified atom stereocenters. The van der Waals surface area contributed by atoms with Crippen LogP contribution in [0.5, 0.6) is 11.5 Å². The fourth-order valence-electron chi connectivity index (χ4n) is 2.86. The van der Waals surface area contributed by atoms with Gasteiger partial charge in [-0.05, 0) is 51.3 Å². The highest BCUT2D eigenvalue weighted by Crippen LogP contribution is 2.30. The predicted molar refractivity (Wildman–Crippen MR) is 124 cm³/mol. The summed E-state index contributed by atoms with van der Waals surface area (Å²) in [5.41, 5.74) is 6.46. The van der Waals surface area contributed by atoms with E-state index in [0.717, 1.165) is 6.42 Å². The van der Waals surface area contributed by atoms with Crippen LogP contribution in [0, 0.1) is 5.92 Å². The number of rotatable bonds is 13. The summed E-state index contributed by atoms with van der Waals surface area (Å²) in [6, 6.07) is 3.25. The zero-order chi connectivity index (χ0) is 26.4. The van der Waals surface area contributed by atoms with Crippen molar-refractivity contribution >= 4 is 24.2 Å². The molecule has 0 saturated heterocycles. The fourth-order valence-corrected chi connectivity index (χ4v) is 2.86. The van der Waals surface area contributed by atoms with Gasteiger partial charge in [0.25, 0.3) is 0 Å². The Morgan fingerprint density at radius 3 is 2.03 bits per heavy atom. The normalized spacial score (nSPS) is 13.1. The van der Waals surface area contributed by atoms with Crippen molar-refractivity contribution in [1.82, 2.24) is 0 Å². The van der Waals surface area contributed by atoms with Gasteiger partial charge in [-0.15, -0.1) is 0 Å². The van der Waals surface area contributed by atoms with E-state index >= 15 is 0 Å². The van der Waals surface area contributed by atoms with Crippen molar-refractivity contribution < 1.29 is 47.6 Å². The summed E-state index contributed by atoms with van der Waals surface area (Å²) in [7, 11) is 0. The van der Waals surface area contributed by atoms with Crippen molar-refractivity contribution in [3.63, 3.8) is 0 Å². The van der Waals surface area contributed by atoms with Crippen LogP contribution in [0.25, 0.3) is 0 Å². The van der Waals surface area contributed by atoms with Gasteiger partial charge in [0, 0.05) is 0 Å². The van der Waals surface area contributed by atoms with Gasteiger partial charge in [-0.25, -0.2) is 9.59 Å². The number of esters is 2. The molecule has 0 aliphatic heterocycles. The van der Waals surface area contributed by atoms with Crippen LogP contribution in [0.2, 0.25) is 0 Å². The number of ether oxygens (including phenoxy) is 6. The average molecular weight is 498 g/mol. The van der Waals surface area contributed by atoms with Crippen LogP contribution in [-0.4, -0.2) is 56.2 Å². The van der Waals surface area contributed by atoms with Crippen molar-refractivity contribution in [2.75, 3.05) is 19.8 Å². The quantitative estimate of drug-likeness (QED) is 0.242. The lowest BCUT2D eigenvalue weighted by Gasteiger charge is -2.18. The second-order valence-corrected chi connectivity index (χ2v) is 7.73. The van der Waals surface area contributed by atoms with E-state index in [1.54, 1.807) is 33.8 Å². The van der Waals surface area contributed by atoms with Gasteiger partial charge in [0.1, 0.15) is 18.8 Å². The van der Waals surface area contributed by atoms with E-state index in [-0.39, 0.29) is 49.6 Å². The van der Waals surface area contributed by atoms with E-state index in [9.17, 15) is 19.2 Å². The largest absolute Gasteiger partial charge is 0.513 e. The third kappa shape index (κ3) is 11.1. The zero-order valence-corrected chi connectivity index (χ0v) is 20.9. The van der Waals surface area contributed by atoms with Crippen LogP contribution < -0.4 is 15.2 Å². The maximum absolute atomic E-state index is 12.3. The van der Waals surface area contributed by atoms with Crippen LogP contribution in [0.1, 0.15) is 53.0 Å². The Hall–Kier alpha value is -3.34. The highest BCUT2D eigenvalue weighted by molar-refractivity contribution is 5.76. The van der Waals surface area contributed by atoms with E-state index in [4.69, 9.17) is 34.2 Å². The lowest BCUT2D eigenvalue weighted by Crippen LogP contribution is -2.36. The molecule has 0 heterocycles. The Kier molecular flexibility index (Phi) is 13.2. The van der Waals surface area contributed by atoms with Crippen LogP contribution in [0.3, 0.4) is 0 Å². The van der Waals surface area contributed by atoms with Crippen molar-refractivity contribution in [2.45, 2.75) is 66.0 Å². The Balaban J connectivity index is 2.77. The monoisotopic (exact) mass is 497 g/mol. The van der Waals surface area contributed by atoms with Crippen LogP contribution in [0.15, 0.2) is 18.2 Å². The second-order valence-electron chi connectivity index (χ2n) is 7.73. The first kappa shape index (κ1) is 29.7. The van der Waals surface area contributed by atoms with Crippen molar-refractivity contribution in [1.29, 1.82) is 0 Å². The van der Waals surface area contributed by atoms with Gasteiger partial charge < -0.3 is 34.2 Å². The summed E-state index contributed by atoms with van der Waals surface area (Å²) in [6.45, 7) is 8.63. The van der Waals surface area contributed by atoms with Gasteiger partial charge in [-0.2, -0.15) is 0 Å². The fraction of sp³-hybridized carbons (Fsp3) is 0.583. The lowest BCUT2D eigenvalue weighted by molar-refractivity contribution is -0.161. The molecule has 11 nitrogen and oxygen atoms in total. The van der Waals surface area contributed by atoms with Crippen molar-refractivity contribution in [3.05, 3.63) is 23.8 Å². The number of benzene rings is 1. The molecule has 0 aromatic heterocycles. The highest BCUT2D eigenvalue weighted by Gasteiger charge is 2.22. The molecule has 1 aromatic rings. The Bertz CT molecular complexity index is 857. The summed E-state index contributed by atoms with van der Waals surface area (Å²) in [5, 5.41) is 0. The average Bonchev–Trinajstić information content (AvgIpc) is 2.79. The highest BCUT2D eigenvalue weighted by atomic mass is 16.7. The van der Waals surface area contributed by atoms with Crippen LogP contribution >= 0.6 is 0 Å². The Labute approximate surface area is 205 Å². The molecule has 0 aliphatic rings. The lowest BCUT2D eigenvalue weighted by atomic mass is 10.1. The molecule has 0 saturated carbocycles. The molecule has 1 rings (SSSR count). The summed E-state index contributed by atoms with van der Waals surface area (Å²) in [6.07, 6.45) is -1.01. The minimum Gasteiger partial charge on any atom is -0.461 e. The third-order valence-corrected chi connectivity index (χ3v) is 4.58. The molecule has 35 heavy (non-hydrogen) atoms. The maximum atomic E-state index is 12.3. The van der Waals surface area contributed by atoms with Gasteiger partial charge in [0.05, 0.1) is 19.1 Å². The van der Waals surface area contributed by atoms with Crippen LogP contribution in [-0.2, 0) is 35.0 Å². The molecule has 1 aromatic carbocycles. The first-order valence-electron chi connectivity index (χ1n) is 11.6. The van der Waals surface area contributed by atoms with Crippen LogP contribution in [0.4, 0.5) is 9.59 Å². The summed E-state index contributed by atoms with van der Waals surface area (Å²) in [5.74, 6) is -1.48. The molecule has 0 radical (unpaired) electrons. The topological polar surface area (TPSA) is 150 Å². The number of carbonyl (C=O) groups is 4. The van der Waals surface area contributed by atoms with Crippen molar-refractivity contribution in [3.8, 4) is 11.5 Å². The first-order valence-corrected chi connectivity index (χ1v) is 11.6. The molecule has 0 amide bonds. The van der Waals surface area contributed by atoms with Crippen molar-refractivity contribution in [2.24, 2.45) is 11.7 Å². The number of hydrogen-bond donors (Lipinski definition) is 1. The van der Waals surface area contributed by atoms with E-state index in [0.29, 0.717) is 12.0 Å². The zero-order valence-electron chi connectivity index (χ0n) is 20.9. The van der Waals surface area contributed by atoms with E-state index in [1.165, 1.54) is 12.1 Å². The van der Waals surface area contributed by atoms with E-state index in [1.807, 2.05) is 6.92 Å². The van der Waals surface area contributed by atoms with Gasteiger partial charge >= 0.3 is 24.2 Å². The minimum atomic E-state index is -1.05. The molecule has 0 fully saturated rings. The molecular formula is C24H35NO10.